The Morgan fingerprint density at radius 1 is 1.11 bits per heavy atom. The van der Waals surface area contributed by atoms with E-state index >= 15 is 0 Å². The summed E-state index contributed by atoms with van der Waals surface area (Å²) in [6.45, 7) is 4.79. The van der Waals surface area contributed by atoms with Gasteiger partial charge in [-0.05, 0) is 61.8 Å². The first-order chi connectivity index (χ1) is 9.01. The van der Waals surface area contributed by atoms with Gasteiger partial charge in [-0.3, -0.25) is 0 Å². The maximum absolute atomic E-state index is 3.72. The average molecular weight is 389 g/mol. The molecule has 1 aromatic carbocycles. The first-order valence-corrected chi connectivity index (χ1v) is 8.72. The van der Waals surface area contributed by atoms with Gasteiger partial charge in [0.25, 0.3) is 0 Å². The van der Waals surface area contributed by atoms with Crippen molar-refractivity contribution in [3.05, 3.63) is 32.7 Å². The summed E-state index contributed by atoms with van der Waals surface area (Å²) in [5, 5.41) is 3.54. The van der Waals surface area contributed by atoms with E-state index in [2.05, 4.69) is 76.3 Å². The molecule has 106 valence electrons. The van der Waals surface area contributed by atoms with Crippen molar-refractivity contribution in [2.75, 3.05) is 7.05 Å². The van der Waals surface area contributed by atoms with Crippen LogP contribution in [0.5, 0.6) is 0 Å². The first kappa shape index (κ1) is 15.5. The van der Waals surface area contributed by atoms with Crippen LogP contribution in [0.3, 0.4) is 0 Å². The summed E-state index contributed by atoms with van der Waals surface area (Å²) in [4.78, 5) is 0. The van der Waals surface area contributed by atoms with Gasteiger partial charge in [0.1, 0.15) is 0 Å². The predicted octanol–water partition coefficient (Wildman–Crippen LogP) is 5.54. The molecule has 1 aliphatic rings. The Morgan fingerprint density at radius 3 is 2.26 bits per heavy atom. The molecule has 0 aromatic heterocycles. The van der Waals surface area contributed by atoms with Gasteiger partial charge in [-0.1, -0.05) is 51.8 Å². The van der Waals surface area contributed by atoms with E-state index in [1.54, 1.807) is 0 Å². The van der Waals surface area contributed by atoms with Gasteiger partial charge in [0, 0.05) is 15.0 Å². The van der Waals surface area contributed by atoms with Crippen molar-refractivity contribution in [2.24, 2.45) is 17.8 Å². The molecule has 3 atom stereocenters. The lowest BCUT2D eigenvalue weighted by atomic mass is 9.72. The third-order valence-corrected chi connectivity index (χ3v) is 5.47. The fourth-order valence-electron chi connectivity index (χ4n) is 3.68. The number of rotatable bonds is 3. The van der Waals surface area contributed by atoms with Crippen LogP contribution in [0, 0.1) is 17.8 Å². The zero-order chi connectivity index (χ0) is 14.0. The van der Waals surface area contributed by atoms with E-state index in [9.17, 15) is 0 Å². The molecule has 0 bridgehead atoms. The first-order valence-electron chi connectivity index (χ1n) is 7.13. The molecule has 0 heterocycles. The van der Waals surface area contributed by atoms with E-state index in [1.165, 1.54) is 29.3 Å². The molecular weight excluding hydrogens is 366 g/mol. The second-order valence-electron chi connectivity index (χ2n) is 6.11. The van der Waals surface area contributed by atoms with E-state index in [0.29, 0.717) is 6.04 Å². The van der Waals surface area contributed by atoms with Gasteiger partial charge in [0.2, 0.25) is 0 Å². The fraction of sp³-hybridized carbons (Fsp3) is 0.625. The fourth-order valence-corrected chi connectivity index (χ4v) is 4.97. The minimum atomic E-state index is 0.452. The van der Waals surface area contributed by atoms with E-state index < -0.39 is 0 Å². The molecule has 2 rings (SSSR count). The maximum atomic E-state index is 3.72. The van der Waals surface area contributed by atoms with E-state index in [-0.39, 0.29) is 0 Å². The number of nitrogens with one attached hydrogen (secondary N) is 1. The maximum Gasteiger partial charge on any atom is 0.0357 e. The lowest BCUT2D eigenvalue weighted by molar-refractivity contribution is 0.180. The van der Waals surface area contributed by atoms with Gasteiger partial charge in [-0.2, -0.15) is 0 Å². The average Bonchev–Trinajstić information content (AvgIpc) is 2.31. The number of benzene rings is 1. The normalized spacial score (nSPS) is 29.2. The van der Waals surface area contributed by atoms with Crippen LogP contribution >= 0.6 is 31.9 Å². The van der Waals surface area contributed by atoms with Gasteiger partial charge in [-0.25, -0.2) is 0 Å². The second kappa shape index (κ2) is 6.73. The quantitative estimate of drug-likeness (QED) is 0.716. The van der Waals surface area contributed by atoms with Crippen molar-refractivity contribution in [3.63, 3.8) is 0 Å². The zero-order valence-electron chi connectivity index (χ0n) is 11.9. The van der Waals surface area contributed by atoms with Crippen LogP contribution in [0.2, 0.25) is 0 Å². The Balaban J connectivity index is 2.23. The summed E-state index contributed by atoms with van der Waals surface area (Å²) in [5.74, 6) is 2.43. The van der Waals surface area contributed by atoms with Gasteiger partial charge < -0.3 is 5.32 Å². The molecule has 1 fully saturated rings. The van der Waals surface area contributed by atoms with E-state index in [0.717, 1.165) is 22.2 Å². The molecule has 0 radical (unpaired) electrons. The van der Waals surface area contributed by atoms with Crippen LogP contribution in [0.4, 0.5) is 0 Å². The third-order valence-electron chi connectivity index (χ3n) is 4.29. The minimum Gasteiger partial charge on any atom is -0.313 e. The van der Waals surface area contributed by atoms with E-state index in [4.69, 9.17) is 0 Å². The van der Waals surface area contributed by atoms with Gasteiger partial charge >= 0.3 is 0 Å². The van der Waals surface area contributed by atoms with Crippen LogP contribution in [0.1, 0.15) is 44.7 Å². The molecule has 1 N–H and O–H groups in total. The molecule has 0 saturated heterocycles. The summed E-state index contributed by atoms with van der Waals surface area (Å²) < 4.78 is 2.33. The molecule has 1 nitrogen and oxygen atoms in total. The molecule has 3 unspecified atom stereocenters. The number of hydrogen-bond acceptors (Lipinski definition) is 1. The summed E-state index contributed by atoms with van der Waals surface area (Å²) >= 11 is 7.25. The lowest BCUT2D eigenvalue weighted by Gasteiger charge is -2.37. The van der Waals surface area contributed by atoms with Crippen LogP contribution in [-0.2, 0) is 0 Å². The highest BCUT2D eigenvalue weighted by atomic mass is 79.9. The van der Waals surface area contributed by atoms with E-state index in [1.807, 2.05) is 0 Å². The third kappa shape index (κ3) is 3.83. The van der Waals surface area contributed by atoms with Crippen LogP contribution < -0.4 is 5.32 Å². The molecule has 0 amide bonds. The van der Waals surface area contributed by atoms with Crippen LogP contribution in [-0.4, -0.2) is 7.05 Å². The Hall–Kier alpha value is 0.140. The van der Waals surface area contributed by atoms with Crippen molar-refractivity contribution in [1.29, 1.82) is 0 Å². The van der Waals surface area contributed by atoms with Gasteiger partial charge in [-0.15, -0.1) is 0 Å². The predicted molar refractivity (Wildman–Crippen MR) is 89.3 cm³/mol. The standard InChI is InChI=1S/C16H23Br2N/c1-10-6-11(2)8-12(7-10)16(19-3)14-5-4-13(17)9-15(14)18/h4-5,9-12,16,19H,6-8H2,1-3H3. The Labute approximate surface area is 133 Å². The Morgan fingerprint density at radius 2 is 1.74 bits per heavy atom. The van der Waals surface area contributed by atoms with Crippen LogP contribution in [0.15, 0.2) is 27.1 Å². The molecule has 0 aliphatic heterocycles. The van der Waals surface area contributed by atoms with Crippen molar-refractivity contribution < 1.29 is 0 Å². The number of hydrogen-bond donors (Lipinski definition) is 1. The lowest BCUT2D eigenvalue weighted by Crippen LogP contribution is -2.31. The van der Waals surface area contributed by atoms with Crippen LogP contribution in [0.25, 0.3) is 0 Å². The highest BCUT2D eigenvalue weighted by Crippen LogP contribution is 2.41. The summed E-state index contributed by atoms with van der Waals surface area (Å²) in [7, 11) is 2.09. The molecular formula is C16H23Br2N. The SMILES string of the molecule is CNC(c1ccc(Br)cc1Br)C1CC(C)CC(C)C1. The highest BCUT2D eigenvalue weighted by molar-refractivity contribution is 9.11. The molecule has 19 heavy (non-hydrogen) atoms. The Kier molecular flexibility index (Phi) is 5.50. The van der Waals surface area contributed by atoms with Gasteiger partial charge in [0.05, 0.1) is 0 Å². The Bertz CT molecular complexity index is 423. The van der Waals surface area contributed by atoms with Crippen molar-refractivity contribution >= 4 is 31.9 Å². The second-order valence-corrected chi connectivity index (χ2v) is 7.88. The van der Waals surface area contributed by atoms with Crippen molar-refractivity contribution in [1.82, 2.24) is 5.32 Å². The topological polar surface area (TPSA) is 12.0 Å². The number of halogens is 2. The molecule has 0 spiro atoms. The zero-order valence-corrected chi connectivity index (χ0v) is 15.1. The minimum absolute atomic E-state index is 0.452. The molecule has 3 heteroatoms. The largest absolute Gasteiger partial charge is 0.313 e. The van der Waals surface area contributed by atoms with Crippen molar-refractivity contribution in [2.45, 2.75) is 39.2 Å². The summed E-state index contributed by atoms with van der Waals surface area (Å²) in [6, 6.07) is 6.97. The molecule has 1 saturated carbocycles. The molecule has 1 aromatic rings. The summed E-state index contributed by atoms with van der Waals surface area (Å²) in [6.07, 6.45) is 4.05. The highest BCUT2D eigenvalue weighted by Gasteiger charge is 2.30. The van der Waals surface area contributed by atoms with Gasteiger partial charge in [0.15, 0.2) is 0 Å². The smallest absolute Gasteiger partial charge is 0.0357 e. The summed E-state index contributed by atoms with van der Waals surface area (Å²) in [5.41, 5.74) is 1.39. The van der Waals surface area contributed by atoms with Crippen molar-refractivity contribution in [3.8, 4) is 0 Å². The monoisotopic (exact) mass is 387 g/mol. The molecule has 1 aliphatic carbocycles.